The maximum Gasteiger partial charge on any atom is 0.324 e. The summed E-state index contributed by atoms with van der Waals surface area (Å²) in [5.41, 5.74) is -0.193. The fourth-order valence-electron chi connectivity index (χ4n) is 9.36. The molecule has 2 N–H and O–H groups in total. The lowest BCUT2D eigenvalue weighted by molar-refractivity contribution is 0.125. The van der Waals surface area contributed by atoms with E-state index in [0.717, 1.165) is 103 Å². The fourth-order valence-corrected chi connectivity index (χ4v) is 9.36. The van der Waals surface area contributed by atoms with Crippen LogP contribution in [0.2, 0.25) is 0 Å². The van der Waals surface area contributed by atoms with Gasteiger partial charge in [-0.2, -0.15) is 19.9 Å². The van der Waals surface area contributed by atoms with Crippen LogP contribution in [0.25, 0.3) is 0 Å². The molecule has 15 heteroatoms. The number of nitrogens with zero attached hydrogens (tertiary/aromatic N) is 8. The predicted molar refractivity (Wildman–Crippen MR) is 254 cm³/mol. The zero-order chi connectivity index (χ0) is 45.9. The minimum atomic E-state index is -0.0482. The van der Waals surface area contributed by atoms with Crippen molar-refractivity contribution in [1.82, 2.24) is 40.5 Å². The second-order valence-electron chi connectivity index (χ2n) is 19.5. The topological polar surface area (TPSA) is 154 Å². The third-order valence-corrected chi connectivity index (χ3v) is 11.1. The van der Waals surface area contributed by atoms with E-state index in [2.05, 4.69) is 112 Å². The third-order valence-electron chi connectivity index (χ3n) is 11.1. The number of anilines is 2. The highest BCUT2D eigenvalue weighted by Crippen LogP contribution is 2.36. The van der Waals surface area contributed by atoms with Crippen LogP contribution in [0.5, 0.6) is 24.0 Å². The molecule has 4 heterocycles. The third kappa shape index (κ3) is 18.0. The van der Waals surface area contributed by atoms with Gasteiger partial charge in [0.1, 0.15) is 26.4 Å². The van der Waals surface area contributed by atoms with E-state index in [1.807, 2.05) is 0 Å². The Balaban J connectivity index is 1.26. The van der Waals surface area contributed by atoms with Gasteiger partial charge in [0.25, 0.3) is 0 Å². The van der Waals surface area contributed by atoms with Gasteiger partial charge in [0.15, 0.2) is 0 Å². The number of aromatic nitrogens is 6. The molecule has 0 atom stereocenters. The molecule has 15 nitrogen and oxygen atoms in total. The van der Waals surface area contributed by atoms with E-state index in [1.165, 1.54) is 0 Å². The molecule has 63 heavy (non-hydrogen) atoms. The molecule has 0 amide bonds. The van der Waals surface area contributed by atoms with Gasteiger partial charge in [-0.05, 0) is 107 Å². The molecule has 4 rings (SSSR count). The van der Waals surface area contributed by atoms with Crippen LogP contribution in [-0.2, 0) is 4.74 Å². The molecule has 2 aliphatic heterocycles. The maximum atomic E-state index is 6.12. The number of hydrogen-bond donors (Lipinski definition) is 2. The standard InChI is InChI=1S/C48H80N10O5/c1-13-27-60-41-49-39(50-42(53-41)61-28-14-2)57(37-33-45(5,6)55-46(7,8)34-37)25-21-17-19-23-31-59-32-24-20-18-22-26-58(38-35-47(9,10)56-48(11,12)36-38)40-51-43(62-29-15-3)54-44(52-40)63-30-16-4/h13-16,37-38,55-56H,1-4,17-36H2,5-12H3. The molecular formula is C48H80N10O5. The van der Waals surface area contributed by atoms with E-state index in [1.54, 1.807) is 24.3 Å². The van der Waals surface area contributed by atoms with Gasteiger partial charge in [-0.3, -0.25) is 0 Å². The Labute approximate surface area is 379 Å². The molecular weight excluding hydrogens is 797 g/mol. The van der Waals surface area contributed by atoms with Crippen LogP contribution < -0.4 is 39.4 Å². The summed E-state index contributed by atoms with van der Waals surface area (Å²) >= 11 is 0. The molecule has 0 aromatic carbocycles. The molecule has 2 aromatic heterocycles. The molecule has 0 unspecified atom stereocenters. The minimum absolute atomic E-state index is 0.0482. The fraction of sp³-hybridized carbons (Fsp3) is 0.708. The minimum Gasteiger partial charge on any atom is -0.459 e. The van der Waals surface area contributed by atoms with Crippen molar-refractivity contribution in [3.63, 3.8) is 0 Å². The second-order valence-corrected chi connectivity index (χ2v) is 19.5. The highest BCUT2D eigenvalue weighted by molar-refractivity contribution is 5.36. The van der Waals surface area contributed by atoms with Crippen LogP contribution in [0.1, 0.15) is 132 Å². The summed E-state index contributed by atoms with van der Waals surface area (Å²) in [6.07, 6.45) is 18.9. The lowest BCUT2D eigenvalue weighted by Crippen LogP contribution is -2.62. The zero-order valence-corrected chi connectivity index (χ0v) is 40.1. The Kier molecular flexibility index (Phi) is 20.1. The van der Waals surface area contributed by atoms with Crippen LogP contribution >= 0.6 is 0 Å². The van der Waals surface area contributed by atoms with Crippen molar-refractivity contribution in [2.24, 2.45) is 0 Å². The summed E-state index contributed by atoms with van der Waals surface area (Å²) in [5, 5.41) is 7.63. The molecule has 2 fully saturated rings. The Hall–Kier alpha value is -4.34. The van der Waals surface area contributed by atoms with Crippen LogP contribution in [0.4, 0.5) is 11.9 Å². The lowest BCUT2D eigenvalue weighted by atomic mass is 9.79. The van der Waals surface area contributed by atoms with E-state index in [0.29, 0.717) is 38.3 Å². The highest BCUT2D eigenvalue weighted by Gasteiger charge is 2.42. The summed E-state index contributed by atoms with van der Waals surface area (Å²) < 4.78 is 29.2. The first-order chi connectivity index (χ1) is 30.0. The van der Waals surface area contributed by atoms with Gasteiger partial charge in [-0.1, -0.05) is 76.3 Å². The molecule has 0 bridgehead atoms. The summed E-state index contributed by atoms with van der Waals surface area (Å²) in [6, 6.07) is 1.37. The molecule has 0 radical (unpaired) electrons. The monoisotopic (exact) mass is 877 g/mol. The number of hydrogen-bond acceptors (Lipinski definition) is 15. The molecule has 0 aliphatic carbocycles. The number of unbranched alkanes of at least 4 members (excludes halogenated alkanes) is 6. The van der Waals surface area contributed by atoms with Crippen LogP contribution in [0.15, 0.2) is 50.6 Å². The smallest absolute Gasteiger partial charge is 0.324 e. The number of ether oxygens (including phenoxy) is 5. The van der Waals surface area contributed by atoms with Gasteiger partial charge in [0.05, 0.1) is 0 Å². The molecule has 0 saturated carbocycles. The first kappa shape index (κ1) is 51.3. The molecule has 352 valence electrons. The SMILES string of the molecule is C=CCOc1nc(OCC=C)nc(N(CCCCCCOCCCCCCN(c2nc(OCC=C)nc(OCC=C)n2)C2CC(C)(C)NC(C)(C)C2)C2CC(C)(C)NC(C)(C)C2)n1. The van der Waals surface area contributed by atoms with Gasteiger partial charge in [0.2, 0.25) is 11.9 Å². The predicted octanol–water partition coefficient (Wildman–Crippen LogP) is 8.38. The van der Waals surface area contributed by atoms with Crippen molar-refractivity contribution in [2.45, 2.75) is 167 Å². The molecule has 0 spiro atoms. The highest BCUT2D eigenvalue weighted by atomic mass is 16.5. The summed E-state index contributed by atoms with van der Waals surface area (Å²) in [5.74, 6) is 1.15. The number of rotatable bonds is 30. The van der Waals surface area contributed by atoms with Crippen molar-refractivity contribution in [2.75, 3.05) is 62.5 Å². The lowest BCUT2D eigenvalue weighted by Gasteiger charge is -2.49. The van der Waals surface area contributed by atoms with Gasteiger partial charge in [-0.25, -0.2) is 0 Å². The number of nitrogens with one attached hydrogen (secondary N) is 2. The summed E-state index contributed by atoms with van der Waals surface area (Å²) in [7, 11) is 0. The first-order valence-corrected chi connectivity index (χ1v) is 23.1. The molecule has 2 aliphatic rings. The van der Waals surface area contributed by atoms with E-state index < -0.39 is 0 Å². The summed E-state index contributed by atoms with van der Waals surface area (Å²) in [4.78, 5) is 32.5. The Bertz CT molecular complexity index is 1520. The average molecular weight is 877 g/mol. The van der Waals surface area contributed by atoms with Crippen molar-refractivity contribution in [1.29, 1.82) is 0 Å². The van der Waals surface area contributed by atoms with E-state index >= 15 is 0 Å². The van der Waals surface area contributed by atoms with Crippen LogP contribution in [-0.4, -0.2) is 117 Å². The van der Waals surface area contributed by atoms with Gasteiger partial charge >= 0.3 is 24.0 Å². The maximum absolute atomic E-state index is 6.12. The van der Waals surface area contributed by atoms with Gasteiger partial charge in [0, 0.05) is 60.5 Å². The van der Waals surface area contributed by atoms with Gasteiger partial charge in [-0.15, -0.1) is 9.97 Å². The van der Waals surface area contributed by atoms with Crippen molar-refractivity contribution >= 4 is 11.9 Å². The van der Waals surface area contributed by atoms with E-state index in [4.69, 9.17) is 43.6 Å². The van der Waals surface area contributed by atoms with Crippen LogP contribution in [0, 0.1) is 0 Å². The van der Waals surface area contributed by atoms with Crippen molar-refractivity contribution < 1.29 is 23.7 Å². The van der Waals surface area contributed by atoms with Crippen LogP contribution in [0.3, 0.4) is 0 Å². The van der Waals surface area contributed by atoms with E-state index in [-0.39, 0.29) is 58.3 Å². The van der Waals surface area contributed by atoms with Gasteiger partial charge < -0.3 is 44.1 Å². The summed E-state index contributed by atoms with van der Waals surface area (Å²) in [6.45, 7) is 37.6. The molecule has 2 aromatic rings. The Morgan fingerprint density at radius 2 is 0.746 bits per heavy atom. The quantitative estimate of drug-likeness (QED) is 0.0570. The molecule has 2 saturated heterocycles. The second kappa shape index (κ2) is 24.6. The Morgan fingerprint density at radius 3 is 1.03 bits per heavy atom. The normalized spacial score (nSPS) is 17.9. The van der Waals surface area contributed by atoms with Crippen molar-refractivity contribution in [3.05, 3.63) is 50.6 Å². The Morgan fingerprint density at radius 1 is 0.460 bits per heavy atom. The zero-order valence-electron chi connectivity index (χ0n) is 40.1. The van der Waals surface area contributed by atoms with E-state index in [9.17, 15) is 0 Å². The number of piperidine rings is 2. The van der Waals surface area contributed by atoms with Crippen molar-refractivity contribution in [3.8, 4) is 24.0 Å². The first-order valence-electron chi connectivity index (χ1n) is 23.1. The largest absolute Gasteiger partial charge is 0.459 e. The average Bonchev–Trinajstić information content (AvgIpc) is 3.19.